The molecule has 25 heavy (non-hydrogen) atoms. The number of hydrogen-bond acceptors (Lipinski definition) is 7. The van der Waals surface area contributed by atoms with Crippen LogP contribution in [0.1, 0.15) is 12.6 Å². The molecule has 2 N–H and O–H groups in total. The normalized spacial score (nSPS) is 12.0. The van der Waals surface area contributed by atoms with E-state index in [0.29, 0.717) is 17.1 Å². The van der Waals surface area contributed by atoms with E-state index in [4.69, 9.17) is 4.74 Å². The van der Waals surface area contributed by atoms with Crippen molar-refractivity contribution in [2.75, 3.05) is 12.4 Å². The number of ether oxygens (including phenoxy) is 1. The summed E-state index contributed by atoms with van der Waals surface area (Å²) in [7, 11) is 2.94. The fraction of sp³-hybridized carbons (Fsp3) is 0.333. The zero-order valence-electron chi connectivity index (χ0n) is 14.0. The predicted molar refractivity (Wildman–Crippen MR) is 88.3 cm³/mol. The molecule has 1 heterocycles. The number of hydrogen-bond donors (Lipinski definition) is 2. The zero-order chi connectivity index (χ0) is 18.6. The van der Waals surface area contributed by atoms with Gasteiger partial charge in [-0.15, -0.1) is 0 Å². The Hall–Kier alpha value is -2.98. The number of nitrogens with zero attached hydrogens (tertiary/aromatic N) is 4. The van der Waals surface area contributed by atoms with Gasteiger partial charge in [0.1, 0.15) is 24.6 Å². The third kappa shape index (κ3) is 4.52. The number of benzene rings is 1. The fourth-order valence-corrected chi connectivity index (χ4v) is 1.95. The summed E-state index contributed by atoms with van der Waals surface area (Å²) in [5.41, 5.74) is 1.12. The predicted octanol–water partition coefficient (Wildman–Crippen LogP) is 1.56. The third-order valence-electron chi connectivity index (χ3n) is 3.67. The Labute approximate surface area is 143 Å². The van der Waals surface area contributed by atoms with Gasteiger partial charge in [-0.25, -0.2) is 4.57 Å². The van der Waals surface area contributed by atoms with Crippen LogP contribution in [0.5, 0.6) is 5.75 Å². The van der Waals surface area contributed by atoms with Crippen LogP contribution in [0.3, 0.4) is 0 Å². The summed E-state index contributed by atoms with van der Waals surface area (Å²) in [6.07, 6.45) is 1.39. The average Bonchev–Trinajstić information content (AvgIpc) is 2.94. The van der Waals surface area contributed by atoms with E-state index in [0.717, 1.165) is 5.06 Å². The lowest BCUT2D eigenvalue weighted by molar-refractivity contribution is -0.396. The molecule has 0 aliphatic rings. The number of anilines is 1. The molecule has 0 fully saturated rings. The summed E-state index contributed by atoms with van der Waals surface area (Å²) in [5, 5.41) is 23.5. The Morgan fingerprint density at radius 2 is 2.12 bits per heavy atom. The largest absolute Gasteiger partial charge is 0.486 e. The molecule has 0 spiro atoms. The molecule has 10 nitrogen and oxygen atoms in total. The number of imidazole rings is 1. The molecule has 0 aliphatic carbocycles. The summed E-state index contributed by atoms with van der Waals surface area (Å²) >= 11 is 0. The number of hydroxylamine groups is 2. The highest BCUT2D eigenvalue weighted by Crippen LogP contribution is 2.18. The second-order valence-electron chi connectivity index (χ2n) is 5.42. The fourth-order valence-electron chi connectivity index (χ4n) is 1.95. The van der Waals surface area contributed by atoms with Gasteiger partial charge in [0, 0.05) is 12.7 Å². The molecule has 0 saturated carbocycles. The van der Waals surface area contributed by atoms with Gasteiger partial charge in [-0.3, -0.25) is 4.79 Å². The van der Waals surface area contributed by atoms with Gasteiger partial charge in [-0.2, -0.15) is 5.06 Å². The van der Waals surface area contributed by atoms with Gasteiger partial charge in [0.05, 0.1) is 7.05 Å². The van der Waals surface area contributed by atoms with Crippen molar-refractivity contribution in [2.45, 2.75) is 19.6 Å². The van der Waals surface area contributed by atoms with Crippen LogP contribution in [-0.4, -0.2) is 43.7 Å². The number of nitro groups is 1. The molecule has 1 amide bonds. The molecule has 2 aromatic rings. The van der Waals surface area contributed by atoms with E-state index >= 15 is 0 Å². The number of nitrogens with one attached hydrogen (secondary N) is 1. The Bertz CT molecular complexity index is 756. The molecule has 1 atom stereocenters. The maximum atomic E-state index is 11.8. The Kier molecular flexibility index (Phi) is 5.67. The first-order chi connectivity index (χ1) is 11.8. The number of likely N-dealkylation sites (N-methyl/N-ethyl adjacent to an activating group) is 1. The second kappa shape index (κ2) is 7.73. The lowest BCUT2D eigenvalue weighted by Crippen LogP contribution is -2.37. The monoisotopic (exact) mass is 349 g/mol. The molecule has 0 saturated heterocycles. The average molecular weight is 349 g/mol. The molecule has 1 unspecified atom stereocenters. The van der Waals surface area contributed by atoms with Crippen LogP contribution in [0.2, 0.25) is 0 Å². The second-order valence-corrected chi connectivity index (χ2v) is 5.42. The Morgan fingerprint density at radius 3 is 2.64 bits per heavy atom. The van der Waals surface area contributed by atoms with Crippen molar-refractivity contribution >= 4 is 17.5 Å². The number of aromatic nitrogens is 2. The van der Waals surface area contributed by atoms with Gasteiger partial charge in [0.15, 0.2) is 5.69 Å². The van der Waals surface area contributed by atoms with Crippen LogP contribution in [0.25, 0.3) is 0 Å². The lowest BCUT2D eigenvalue weighted by atomic mass is 10.2. The van der Waals surface area contributed by atoms with Crippen molar-refractivity contribution in [1.82, 2.24) is 14.6 Å². The SMILES string of the molecule is CC(C(=O)Nc1ccc(OCc2cnc([N+](=O)[O-])n2C)cc1)N(C)O. The first-order valence-electron chi connectivity index (χ1n) is 7.40. The van der Waals surface area contributed by atoms with E-state index in [9.17, 15) is 20.1 Å². The molecule has 10 heteroatoms. The van der Waals surface area contributed by atoms with E-state index in [1.165, 1.54) is 17.8 Å². The van der Waals surface area contributed by atoms with Crippen molar-refractivity contribution in [3.8, 4) is 5.75 Å². The van der Waals surface area contributed by atoms with Crippen LogP contribution >= 0.6 is 0 Å². The van der Waals surface area contributed by atoms with Crippen molar-refractivity contribution in [3.63, 3.8) is 0 Å². The molecule has 0 radical (unpaired) electrons. The van der Waals surface area contributed by atoms with E-state index in [1.54, 1.807) is 38.2 Å². The summed E-state index contributed by atoms with van der Waals surface area (Å²) in [6.45, 7) is 1.69. The van der Waals surface area contributed by atoms with Gasteiger partial charge in [0.25, 0.3) is 0 Å². The van der Waals surface area contributed by atoms with Gasteiger partial charge in [-0.1, -0.05) is 4.98 Å². The maximum Gasteiger partial charge on any atom is 0.434 e. The highest BCUT2D eigenvalue weighted by atomic mass is 16.6. The molecule has 0 aliphatic heterocycles. The van der Waals surface area contributed by atoms with Crippen LogP contribution in [0, 0.1) is 10.1 Å². The summed E-state index contributed by atoms with van der Waals surface area (Å²) in [6, 6.07) is 5.95. The zero-order valence-corrected chi connectivity index (χ0v) is 14.0. The number of carbonyl (C=O) groups is 1. The van der Waals surface area contributed by atoms with Gasteiger partial charge < -0.3 is 25.4 Å². The quantitative estimate of drug-likeness (QED) is 0.574. The van der Waals surface area contributed by atoms with Crippen LogP contribution in [0.15, 0.2) is 30.5 Å². The summed E-state index contributed by atoms with van der Waals surface area (Å²) < 4.78 is 6.92. The first kappa shape index (κ1) is 18.4. The molecule has 0 bridgehead atoms. The Balaban J connectivity index is 1.95. The van der Waals surface area contributed by atoms with Crippen LogP contribution < -0.4 is 10.1 Å². The molecule has 1 aromatic heterocycles. The minimum atomic E-state index is -0.684. The summed E-state index contributed by atoms with van der Waals surface area (Å²) in [5.74, 6) is -0.0605. The molecule has 2 rings (SSSR count). The highest BCUT2D eigenvalue weighted by molar-refractivity contribution is 5.94. The molecular formula is C15H19N5O5. The smallest absolute Gasteiger partial charge is 0.434 e. The molecule has 134 valence electrons. The number of carbonyl (C=O) groups excluding carboxylic acids is 1. The number of amides is 1. The van der Waals surface area contributed by atoms with E-state index in [2.05, 4.69) is 10.3 Å². The lowest BCUT2D eigenvalue weighted by Gasteiger charge is -2.17. The van der Waals surface area contributed by atoms with Crippen molar-refractivity contribution < 1.29 is 19.7 Å². The number of rotatable bonds is 7. The topological polar surface area (TPSA) is 123 Å². The minimum Gasteiger partial charge on any atom is -0.486 e. The van der Waals surface area contributed by atoms with E-state index in [-0.39, 0.29) is 18.5 Å². The maximum absolute atomic E-state index is 11.8. The van der Waals surface area contributed by atoms with Crippen LogP contribution in [-0.2, 0) is 18.4 Å². The Morgan fingerprint density at radius 1 is 1.48 bits per heavy atom. The van der Waals surface area contributed by atoms with E-state index < -0.39 is 11.0 Å². The van der Waals surface area contributed by atoms with Crippen LogP contribution in [0.4, 0.5) is 11.6 Å². The minimum absolute atomic E-state index is 0.120. The van der Waals surface area contributed by atoms with Crippen molar-refractivity contribution in [2.24, 2.45) is 7.05 Å². The standard InChI is InChI=1S/C15H19N5O5/c1-10(19(3)22)14(21)17-11-4-6-13(7-5-11)25-9-12-8-16-15(18(12)2)20(23)24/h4-8,10,22H,9H2,1-3H3,(H,17,21). The molecular weight excluding hydrogens is 330 g/mol. The van der Waals surface area contributed by atoms with Gasteiger partial charge >= 0.3 is 5.95 Å². The van der Waals surface area contributed by atoms with Gasteiger partial charge in [-0.05, 0) is 36.1 Å². The molecule has 1 aromatic carbocycles. The van der Waals surface area contributed by atoms with Gasteiger partial charge in [0.2, 0.25) is 5.91 Å². The summed E-state index contributed by atoms with van der Waals surface area (Å²) in [4.78, 5) is 25.7. The highest BCUT2D eigenvalue weighted by Gasteiger charge is 2.18. The third-order valence-corrected chi connectivity index (χ3v) is 3.67. The van der Waals surface area contributed by atoms with Crippen molar-refractivity contribution in [1.29, 1.82) is 0 Å². The van der Waals surface area contributed by atoms with E-state index in [1.807, 2.05) is 0 Å². The first-order valence-corrected chi connectivity index (χ1v) is 7.40. The van der Waals surface area contributed by atoms with Crippen molar-refractivity contribution in [3.05, 3.63) is 46.3 Å².